The van der Waals surface area contributed by atoms with Crippen LogP contribution >= 0.6 is 22.6 Å². The Hall–Kier alpha value is -2.29. The van der Waals surface area contributed by atoms with Crippen LogP contribution in [0, 0.1) is 13.7 Å². The molecule has 0 amide bonds. The van der Waals surface area contributed by atoms with Gasteiger partial charge in [0.15, 0.2) is 0 Å². The molecule has 0 atom stereocenters. The lowest BCUT2D eigenvalue weighted by molar-refractivity contribution is -0.384. The molecule has 0 saturated carbocycles. The highest BCUT2D eigenvalue weighted by atomic mass is 127. The molecule has 0 aliphatic rings. The van der Waals surface area contributed by atoms with Gasteiger partial charge in [0.05, 0.1) is 16.8 Å². The number of halogens is 1. The number of aromatic nitrogens is 3. The summed E-state index contributed by atoms with van der Waals surface area (Å²) in [5.74, 6) is 0. The first-order chi connectivity index (χ1) is 10.1. The van der Waals surface area contributed by atoms with Gasteiger partial charge in [-0.05, 0) is 46.9 Å². The quantitative estimate of drug-likeness (QED) is 0.389. The van der Waals surface area contributed by atoms with Crippen molar-refractivity contribution in [3.8, 4) is 16.9 Å². The number of hydrogen-bond donors (Lipinski definition) is 0. The first-order valence-corrected chi connectivity index (χ1v) is 7.14. The van der Waals surface area contributed by atoms with Crippen LogP contribution in [0.1, 0.15) is 0 Å². The van der Waals surface area contributed by atoms with Gasteiger partial charge in [-0.15, -0.1) is 5.10 Å². The average molecular weight is 392 g/mol. The van der Waals surface area contributed by atoms with Crippen LogP contribution in [0.2, 0.25) is 0 Å². The summed E-state index contributed by atoms with van der Waals surface area (Å²) in [6.07, 6.45) is 1.80. The summed E-state index contributed by atoms with van der Waals surface area (Å²) in [5.41, 5.74) is 2.52. The Balaban J connectivity index is 1.93. The molecule has 21 heavy (non-hydrogen) atoms. The minimum Gasteiger partial charge on any atom is -0.258 e. The number of nitro groups is 1. The summed E-state index contributed by atoms with van der Waals surface area (Å²) in [6, 6.07) is 14.1. The minimum atomic E-state index is -0.428. The molecule has 0 fully saturated rings. The molecule has 3 aromatic rings. The van der Waals surface area contributed by atoms with Crippen LogP contribution in [0.3, 0.4) is 0 Å². The van der Waals surface area contributed by atoms with Crippen molar-refractivity contribution < 1.29 is 4.92 Å². The summed E-state index contributed by atoms with van der Waals surface area (Å²) < 4.78 is 2.72. The van der Waals surface area contributed by atoms with Gasteiger partial charge >= 0.3 is 0 Å². The lowest BCUT2D eigenvalue weighted by Gasteiger charge is -1.99. The molecule has 7 heteroatoms. The van der Waals surface area contributed by atoms with Crippen molar-refractivity contribution >= 4 is 28.3 Å². The Bertz CT molecular complexity index is 799. The molecule has 0 radical (unpaired) electrons. The predicted molar refractivity (Wildman–Crippen MR) is 86.2 cm³/mol. The smallest absolute Gasteiger partial charge is 0.258 e. The van der Waals surface area contributed by atoms with Crippen LogP contribution in [0.15, 0.2) is 54.7 Å². The van der Waals surface area contributed by atoms with E-state index in [4.69, 9.17) is 0 Å². The highest BCUT2D eigenvalue weighted by Gasteiger charge is 2.08. The van der Waals surface area contributed by atoms with Crippen LogP contribution in [0.5, 0.6) is 0 Å². The maximum Gasteiger partial charge on any atom is 0.269 e. The van der Waals surface area contributed by atoms with Gasteiger partial charge in [-0.25, -0.2) is 4.68 Å². The molecule has 1 aromatic heterocycles. The van der Waals surface area contributed by atoms with Crippen LogP contribution in [-0.2, 0) is 0 Å². The number of hydrogen-bond acceptors (Lipinski definition) is 4. The van der Waals surface area contributed by atoms with Crippen molar-refractivity contribution in [3.63, 3.8) is 0 Å². The monoisotopic (exact) mass is 392 g/mol. The Kier molecular flexibility index (Phi) is 3.65. The highest BCUT2D eigenvalue weighted by molar-refractivity contribution is 14.1. The van der Waals surface area contributed by atoms with Crippen molar-refractivity contribution in [2.45, 2.75) is 0 Å². The third kappa shape index (κ3) is 2.92. The first-order valence-electron chi connectivity index (χ1n) is 6.06. The molecule has 104 valence electrons. The fourth-order valence-electron chi connectivity index (χ4n) is 1.90. The third-order valence-corrected chi connectivity index (χ3v) is 3.61. The Labute approximate surface area is 133 Å². The zero-order valence-electron chi connectivity index (χ0n) is 10.7. The number of non-ortho nitro benzene ring substituents is 1. The lowest BCUT2D eigenvalue weighted by atomic mass is 10.2. The molecule has 0 N–H and O–H groups in total. The molecule has 1 heterocycles. The summed E-state index contributed by atoms with van der Waals surface area (Å²) in [7, 11) is 0. The fraction of sp³-hybridized carbons (Fsp3) is 0. The number of rotatable bonds is 3. The summed E-state index contributed by atoms with van der Waals surface area (Å²) in [5, 5.41) is 18.8. The van der Waals surface area contributed by atoms with E-state index in [-0.39, 0.29) is 5.69 Å². The average Bonchev–Trinajstić information content (AvgIpc) is 2.97. The summed E-state index contributed by atoms with van der Waals surface area (Å²) >= 11 is 2.24. The third-order valence-electron chi connectivity index (χ3n) is 2.94. The van der Waals surface area contributed by atoms with E-state index in [1.54, 1.807) is 23.0 Å². The normalized spacial score (nSPS) is 10.5. The second kappa shape index (κ2) is 5.60. The number of benzene rings is 2. The van der Waals surface area contributed by atoms with Crippen LogP contribution in [0.4, 0.5) is 5.69 Å². The van der Waals surface area contributed by atoms with Gasteiger partial charge in [-0.2, -0.15) is 0 Å². The molecule has 0 aliphatic carbocycles. The topological polar surface area (TPSA) is 73.8 Å². The van der Waals surface area contributed by atoms with Gasteiger partial charge in [0, 0.05) is 21.3 Å². The first kappa shape index (κ1) is 13.7. The number of nitro benzene ring substituents is 1. The molecule has 0 spiro atoms. The predicted octanol–water partition coefficient (Wildman–Crippen LogP) is 3.45. The van der Waals surface area contributed by atoms with E-state index in [1.165, 1.54) is 12.1 Å². The van der Waals surface area contributed by atoms with Crippen LogP contribution in [-0.4, -0.2) is 19.9 Å². The van der Waals surface area contributed by atoms with E-state index in [1.807, 2.05) is 24.3 Å². The summed E-state index contributed by atoms with van der Waals surface area (Å²) in [4.78, 5) is 10.2. The molecule has 0 aliphatic heterocycles. The molecule has 0 saturated heterocycles. The van der Waals surface area contributed by atoms with Crippen molar-refractivity contribution in [3.05, 3.63) is 68.4 Å². The Morgan fingerprint density at radius 1 is 1.14 bits per heavy atom. The van der Waals surface area contributed by atoms with Gasteiger partial charge in [0.2, 0.25) is 0 Å². The largest absolute Gasteiger partial charge is 0.269 e. The Morgan fingerprint density at radius 2 is 1.90 bits per heavy atom. The maximum atomic E-state index is 10.6. The van der Waals surface area contributed by atoms with E-state index in [0.29, 0.717) is 0 Å². The van der Waals surface area contributed by atoms with Crippen molar-refractivity contribution in [2.24, 2.45) is 0 Å². The molecule has 0 unspecified atom stereocenters. The van der Waals surface area contributed by atoms with Gasteiger partial charge < -0.3 is 0 Å². The number of nitrogens with zero attached hydrogens (tertiary/aromatic N) is 4. The lowest BCUT2D eigenvalue weighted by Crippen LogP contribution is -1.95. The van der Waals surface area contributed by atoms with Crippen molar-refractivity contribution in [1.82, 2.24) is 15.0 Å². The van der Waals surface area contributed by atoms with Gasteiger partial charge in [0.25, 0.3) is 5.69 Å². The van der Waals surface area contributed by atoms with E-state index >= 15 is 0 Å². The van der Waals surface area contributed by atoms with Gasteiger partial charge in [-0.3, -0.25) is 10.1 Å². The molecule has 6 nitrogen and oxygen atoms in total. The van der Waals surface area contributed by atoms with Crippen LogP contribution in [0.25, 0.3) is 16.9 Å². The maximum absolute atomic E-state index is 10.6. The SMILES string of the molecule is O=[N+]([O-])c1ccc(-n2cc(-c3cccc(I)c3)nn2)cc1. The van der Waals surface area contributed by atoms with Crippen molar-refractivity contribution in [2.75, 3.05) is 0 Å². The molecule has 2 aromatic carbocycles. The minimum absolute atomic E-state index is 0.0525. The van der Waals surface area contributed by atoms with E-state index in [0.717, 1.165) is 20.5 Å². The van der Waals surface area contributed by atoms with Crippen LogP contribution < -0.4 is 0 Å². The second-order valence-electron chi connectivity index (χ2n) is 4.33. The molecule has 3 rings (SSSR count). The standard InChI is InChI=1S/C14H9IN4O2/c15-11-3-1-2-10(8-11)14-9-18(17-16-14)12-4-6-13(7-5-12)19(20)21/h1-9H. The zero-order valence-corrected chi connectivity index (χ0v) is 12.8. The summed E-state index contributed by atoms with van der Waals surface area (Å²) in [6.45, 7) is 0. The molecular weight excluding hydrogens is 383 g/mol. The van der Waals surface area contributed by atoms with E-state index in [2.05, 4.69) is 32.9 Å². The molecule has 0 bridgehead atoms. The Morgan fingerprint density at radius 3 is 2.57 bits per heavy atom. The fourth-order valence-corrected chi connectivity index (χ4v) is 2.44. The molecular formula is C14H9IN4O2. The van der Waals surface area contributed by atoms with E-state index in [9.17, 15) is 10.1 Å². The second-order valence-corrected chi connectivity index (χ2v) is 5.58. The van der Waals surface area contributed by atoms with Gasteiger partial charge in [-0.1, -0.05) is 17.3 Å². The van der Waals surface area contributed by atoms with Crippen molar-refractivity contribution in [1.29, 1.82) is 0 Å². The zero-order chi connectivity index (χ0) is 14.8. The highest BCUT2D eigenvalue weighted by Crippen LogP contribution is 2.20. The van der Waals surface area contributed by atoms with E-state index < -0.39 is 4.92 Å². The van der Waals surface area contributed by atoms with Gasteiger partial charge in [0.1, 0.15) is 5.69 Å².